The van der Waals surface area contributed by atoms with Crippen molar-refractivity contribution < 1.29 is 4.74 Å². The average Bonchev–Trinajstić information content (AvgIpc) is 3.54. The molecule has 0 radical (unpaired) electrons. The molecule has 0 bridgehead atoms. The maximum absolute atomic E-state index is 7.20. The third-order valence-corrected chi connectivity index (χ3v) is 14.3. The second kappa shape index (κ2) is 13.8. The largest absolute Gasteiger partial charge is 0.454 e. The summed E-state index contributed by atoms with van der Waals surface area (Å²) in [6.45, 7) is 0. The zero-order valence-electron chi connectivity index (χ0n) is 35.4. The standard InChI is InChI=1S/C63H39NO/c1-2-19-40(20-3-1)64(58-35-18-32-53-47-26-7-6-23-44(47)50-28-14-17-36-59(50)65-62(53)58)41-37-38-49-43-22-5-4-21-42(43)48-27-12-15-33-55(48)63(57(49)39-41)56-34-16-13-31-54(56)60-51-29-10-8-24-45(51)46-25-9-11-30-52(46)61(60)63/h1-39H. The summed E-state index contributed by atoms with van der Waals surface area (Å²) in [5.74, 6) is 1.66. The first-order valence-electron chi connectivity index (χ1n) is 22.5. The van der Waals surface area contributed by atoms with Crippen molar-refractivity contribution >= 4 is 38.6 Å². The first-order chi connectivity index (χ1) is 32.3. The summed E-state index contributed by atoms with van der Waals surface area (Å²) in [5.41, 5.74) is 19.5. The van der Waals surface area contributed by atoms with Crippen molar-refractivity contribution in [3.05, 3.63) is 259 Å². The lowest BCUT2D eigenvalue weighted by Crippen LogP contribution is -2.30. The Bertz CT molecular complexity index is 3770. The zero-order chi connectivity index (χ0) is 42.6. The molecule has 11 aromatic rings. The van der Waals surface area contributed by atoms with E-state index < -0.39 is 5.41 Å². The Morgan fingerprint density at radius 1 is 0.308 bits per heavy atom. The molecule has 1 heterocycles. The Kier molecular flexibility index (Phi) is 7.64. The molecule has 1 aliphatic heterocycles. The van der Waals surface area contributed by atoms with Gasteiger partial charge >= 0.3 is 0 Å². The monoisotopic (exact) mass is 825 g/mol. The number of benzene rings is 11. The average molecular weight is 826 g/mol. The molecular weight excluding hydrogens is 787 g/mol. The Morgan fingerprint density at radius 3 is 1.52 bits per heavy atom. The SMILES string of the molecule is c1ccc(N(c2ccc3c(c2)C2(c4ccccc4-c4ccccc4-3)c3ccccc3-c3c2c2ccccc2c2ccccc32)c2cccc3c2Oc2ccccc2-c2ccccc2-3)cc1. The first-order valence-corrected chi connectivity index (χ1v) is 22.5. The molecule has 0 amide bonds. The minimum Gasteiger partial charge on any atom is -0.454 e. The van der Waals surface area contributed by atoms with Crippen molar-refractivity contribution in [3.63, 3.8) is 0 Å². The molecule has 1 unspecified atom stereocenters. The first kappa shape index (κ1) is 36.1. The number of hydrogen-bond donors (Lipinski definition) is 0. The Labute approximate surface area is 377 Å². The van der Waals surface area contributed by atoms with E-state index in [1.54, 1.807) is 0 Å². The molecule has 1 spiro atoms. The lowest BCUT2D eigenvalue weighted by atomic mass is 9.64. The van der Waals surface area contributed by atoms with Crippen molar-refractivity contribution in [2.45, 2.75) is 5.41 Å². The van der Waals surface area contributed by atoms with Gasteiger partial charge in [-0.3, -0.25) is 0 Å². The van der Waals surface area contributed by atoms with E-state index in [1.165, 1.54) is 77.2 Å². The molecule has 3 aliphatic rings. The van der Waals surface area contributed by atoms with Crippen LogP contribution in [0.1, 0.15) is 22.3 Å². The minimum atomic E-state index is -0.707. The molecule has 0 aromatic heterocycles. The van der Waals surface area contributed by atoms with Crippen LogP contribution < -0.4 is 9.64 Å². The fourth-order valence-electron chi connectivity index (χ4n) is 11.8. The summed E-state index contributed by atoms with van der Waals surface area (Å²) >= 11 is 0. The van der Waals surface area contributed by atoms with Gasteiger partial charge in [0.05, 0.1) is 11.1 Å². The molecule has 2 aliphatic carbocycles. The number of ether oxygens (including phenoxy) is 1. The predicted molar refractivity (Wildman–Crippen MR) is 269 cm³/mol. The highest BCUT2D eigenvalue weighted by molar-refractivity contribution is 6.20. The van der Waals surface area contributed by atoms with Gasteiger partial charge in [-0.05, 0) is 125 Å². The van der Waals surface area contributed by atoms with Crippen molar-refractivity contribution in [1.29, 1.82) is 0 Å². The zero-order valence-corrected chi connectivity index (χ0v) is 35.4. The summed E-state index contributed by atoms with van der Waals surface area (Å²) in [6.07, 6.45) is 0. The molecule has 11 aromatic carbocycles. The number of hydrogen-bond acceptors (Lipinski definition) is 2. The van der Waals surface area contributed by atoms with Crippen LogP contribution in [0.4, 0.5) is 17.1 Å². The minimum absolute atomic E-state index is 0.707. The number of anilines is 3. The highest BCUT2D eigenvalue weighted by atomic mass is 16.5. The Morgan fingerprint density at radius 2 is 0.800 bits per heavy atom. The van der Waals surface area contributed by atoms with E-state index in [0.717, 1.165) is 50.8 Å². The van der Waals surface area contributed by atoms with Crippen LogP contribution in [0, 0.1) is 0 Å². The second-order valence-corrected chi connectivity index (χ2v) is 17.4. The smallest absolute Gasteiger partial charge is 0.159 e. The van der Waals surface area contributed by atoms with Crippen LogP contribution in [0.25, 0.3) is 77.2 Å². The molecule has 2 heteroatoms. The lowest BCUT2D eigenvalue weighted by molar-refractivity contribution is 0.489. The van der Waals surface area contributed by atoms with E-state index >= 15 is 0 Å². The number of rotatable bonds is 3. The van der Waals surface area contributed by atoms with E-state index in [4.69, 9.17) is 4.74 Å². The van der Waals surface area contributed by atoms with Gasteiger partial charge in [0.15, 0.2) is 5.75 Å². The highest BCUT2D eigenvalue weighted by Gasteiger charge is 2.51. The molecule has 65 heavy (non-hydrogen) atoms. The van der Waals surface area contributed by atoms with Crippen molar-refractivity contribution in [2.24, 2.45) is 0 Å². The predicted octanol–water partition coefficient (Wildman–Crippen LogP) is 16.9. The van der Waals surface area contributed by atoms with Crippen LogP contribution in [0.2, 0.25) is 0 Å². The van der Waals surface area contributed by atoms with E-state index in [-0.39, 0.29) is 0 Å². The molecule has 2 nitrogen and oxygen atoms in total. The van der Waals surface area contributed by atoms with Gasteiger partial charge in [-0.2, -0.15) is 0 Å². The van der Waals surface area contributed by atoms with Crippen molar-refractivity contribution in [1.82, 2.24) is 0 Å². The highest BCUT2D eigenvalue weighted by Crippen LogP contribution is 2.65. The van der Waals surface area contributed by atoms with Gasteiger partial charge in [0.1, 0.15) is 5.75 Å². The van der Waals surface area contributed by atoms with Gasteiger partial charge in [0.2, 0.25) is 0 Å². The van der Waals surface area contributed by atoms with Gasteiger partial charge < -0.3 is 9.64 Å². The van der Waals surface area contributed by atoms with E-state index in [0.29, 0.717) is 0 Å². The van der Waals surface area contributed by atoms with E-state index in [9.17, 15) is 0 Å². The fraction of sp³-hybridized carbons (Fsp3) is 0.0159. The molecule has 14 rings (SSSR count). The number of para-hydroxylation sites is 3. The summed E-state index contributed by atoms with van der Waals surface area (Å²) in [7, 11) is 0. The summed E-state index contributed by atoms with van der Waals surface area (Å²) in [4.78, 5) is 2.41. The van der Waals surface area contributed by atoms with E-state index in [1.807, 2.05) is 0 Å². The van der Waals surface area contributed by atoms with Crippen LogP contribution in [-0.2, 0) is 5.41 Å². The topological polar surface area (TPSA) is 12.5 Å². The molecule has 0 saturated carbocycles. The number of fused-ring (bicyclic) bond motifs is 22. The van der Waals surface area contributed by atoms with Crippen LogP contribution in [0.15, 0.2) is 237 Å². The maximum Gasteiger partial charge on any atom is 0.159 e. The summed E-state index contributed by atoms with van der Waals surface area (Å²) < 4.78 is 7.20. The Hall–Kier alpha value is -8.46. The summed E-state index contributed by atoms with van der Waals surface area (Å²) in [5, 5.41) is 5.09. The van der Waals surface area contributed by atoms with Crippen molar-refractivity contribution in [2.75, 3.05) is 4.90 Å². The third kappa shape index (κ3) is 4.94. The summed E-state index contributed by atoms with van der Waals surface area (Å²) in [6, 6.07) is 87.2. The van der Waals surface area contributed by atoms with Crippen LogP contribution in [-0.4, -0.2) is 0 Å². The molecule has 0 saturated heterocycles. The maximum atomic E-state index is 7.20. The van der Waals surface area contributed by atoms with Crippen molar-refractivity contribution in [3.8, 4) is 67.1 Å². The second-order valence-electron chi connectivity index (χ2n) is 17.4. The van der Waals surface area contributed by atoms with Crippen LogP contribution in [0.5, 0.6) is 11.5 Å². The molecule has 302 valence electrons. The fourth-order valence-corrected chi connectivity index (χ4v) is 11.8. The molecular formula is C63H39NO. The normalized spacial score (nSPS) is 14.6. The van der Waals surface area contributed by atoms with Crippen LogP contribution in [0.3, 0.4) is 0 Å². The number of nitrogens with zero attached hydrogens (tertiary/aromatic N) is 1. The molecule has 0 fully saturated rings. The van der Waals surface area contributed by atoms with Gasteiger partial charge in [0, 0.05) is 22.5 Å². The van der Waals surface area contributed by atoms with Gasteiger partial charge in [-0.1, -0.05) is 200 Å². The quantitative estimate of drug-likeness (QED) is 0.165. The van der Waals surface area contributed by atoms with Crippen LogP contribution >= 0.6 is 0 Å². The molecule has 0 N–H and O–H groups in total. The van der Waals surface area contributed by atoms with Gasteiger partial charge in [-0.15, -0.1) is 0 Å². The Balaban J connectivity index is 1.14. The third-order valence-electron chi connectivity index (χ3n) is 14.3. The van der Waals surface area contributed by atoms with Gasteiger partial charge in [-0.25, -0.2) is 0 Å². The molecule has 1 atom stereocenters. The lowest BCUT2D eigenvalue weighted by Gasteiger charge is -2.37. The van der Waals surface area contributed by atoms with E-state index in [2.05, 4.69) is 241 Å². The van der Waals surface area contributed by atoms with Gasteiger partial charge in [0.25, 0.3) is 0 Å².